The van der Waals surface area contributed by atoms with E-state index < -0.39 is 39.0 Å². The Morgan fingerprint density at radius 1 is 1.10 bits per heavy atom. The Hall–Kier alpha value is -3.76. The van der Waals surface area contributed by atoms with Crippen molar-refractivity contribution in [3.05, 3.63) is 110 Å². The van der Waals surface area contributed by atoms with Gasteiger partial charge in [-0.1, -0.05) is 42.5 Å². The van der Waals surface area contributed by atoms with Gasteiger partial charge in [-0.3, -0.25) is 4.79 Å². The maximum atomic E-state index is 15.3. The molecule has 40 heavy (non-hydrogen) atoms. The van der Waals surface area contributed by atoms with Crippen molar-refractivity contribution in [1.82, 2.24) is 9.78 Å². The molecule has 1 heterocycles. The molecule has 0 radical (unpaired) electrons. The highest BCUT2D eigenvalue weighted by Crippen LogP contribution is 2.36. The highest BCUT2D eigenvalue weighted by atomic mass is 127. The maximum absolute atomic E-state index is 15.3. The highest BCUT2D eigenvalue weighted by molar-refractivity contribution is 14.1. The number of nitriles is 1. The van der Waals surface area contributed by atoms with Crippen LogP contribution >= 0.6 is 22.6 Å². The summed E-state index contributed by atoms with van der Waals surface area (Å²) >= 11 is 1.40. The molecule has 1 aliphatic rings. The molecule has 6 nitrogen and oxygen atoms in total. The van der Waals surface area contributed by atoms with Crippen LogP contribution in [0.4, 0.5) is 23.2 Å². The summed E-state index contributed by atoms with van der Waals surface area (Å²) < 4.78 is 62.9. The van der Waals surface area contributed by atoms with Crippen molar-refractivity contribution in [2.45, 2.75) is 25.1 Å². The molecule has 1 amide bonds. The molecule has 11 heteroatoms. The van der Waals surface area contributed by atoms with Crippen LogP contribution in [0.15, 0.2) is 72.8 Å². The Morgan fingerprint density at radius 2 is 1.85 bits per heavy atom. The molecule has 1 unspecified atom stereocenters. The van der Waals surface area contributed by atoms with Gasteiger partial charge in [0, 0.05) is 0 Å². The summed E-state index contributed by atoms with van der Waals surface area (Å²) in [4.78, 5) is 13.3. The molecule has 0 bridgehead atoms. The molecule has 1 aliphatic carbocycles. The van der Waals surface area contributed by atoms with Crippen LogP contribution in [0.5, 0.6) is 0 Å². The van der Waals surface area contributed by atoms with Crippen molar-refractivity contribution in [3.63, 3.8) is 0 Å². The monoisotopic (exact) mass is 660 g/mol. The number of rotatable bonds is 8. The molecule has 0 saturated heterocycles. The molecule has 1 saturated carbocycles. The molecular weight excluding hydrogens is 639 g/mol. The largest absolute Gasteiger partial charge is 0.436 e. The van der Waals surface area contributed by atoms with E-state index in [1.807, 2.05) is 36.4 Å². The van der Waals surface area contributed by atoms with E-state index in [0.29, 0.717) is 18.1 Å². The Balaban J connectivity index is 1.47. The molecule has 0 aliphatic heterocycles. The van der Waals surface area contributed by atoms with Crippen LogP contribution in [-0.2, 0) is 10.9 Å². The van der Waals surface area contributed by atoms with Crippen LogP contribution in [0.25, 0.3) is 5.69 Å². The van der Waals surface area contributed by atoms with E-state index in [1.54, 1.807) is 6.07 Å². The Morgan fingerprint density at radius 3 is 2.50 bits per heavy atom. The lowest BCUT2D eigenvalue weighted by molar-refractivity contribution is -0.142. The van der Waals surface area contributed by atoms with E-state index in [4.69, 9.17) is 4.74 Å². The van der Waals surface area contributed by atoms with Crippen molar-refractivity contribution in [3.8, 4) is 11.8 Å². The van der Waals surface area contributed by atoms with Gasteiger partial charge in [0.15, 0.2) is 5.69 Å². The first-order valence-electron chi connectivity index (χ1n) is 12.3. The zero-order chi connectivity index (χ0) is 28.4. The maximum Gasteiger partial charge on any atom is 0.436 e. The summed E-state index contributed by atoms with van der Waals surface area (Å²) in [7, 11) is 0. The van der Waals surface area contributed by atoms with Crippen LogP contribution in [-0.4, -0.2) is 22.3 Å². The lowest BCUT2D eigenvalue weighted by Gasteiger charge is -2.20. The minimum Gasteiger partial charge on any atom is -0.368 e. The van der Waals surface area contributed by atoms with Gasteiger partial charge in [0.2, 0.25) is 0 Å². The first-order valence-corrected chi connectivity index (χ1v) is 13.4. The fourth-order valence-corrected chi connectivity index (χ4v) is 5.06. The third-order valence-electron chi connectivity index (χ3n) is 6.37. The third kappa shape index (κ3) is 6.03. The number of alkyl halides is 3. The van der Waals surface area contributed by atoms with Gasteiger partial charge in [0.05, 0.1) is 33.2 Å². The van der Waals surface area contributed by atoms with Crippen molar-refractivity contribution >= 4 is 34.2 Å². The van der Waals surface area contributed by atoms with Gasteiger partial charge in [0.25, 0.3) is 5.91 Å². The lowest BCUT2D eigenvalue weighted by Crippen LogP contribution is -2.19. The van der Waals surface area contributed by atoms with E-state index >= 15 is 4.39 Å². The second-order valence-corrected chi connectivity index (χ2v) is 10.4. The topological polar surface area (TPSA) is 79.9 Å². The van der Waals surface area contributed by atoms with Crippen molar-refractivity contribution in [2.24, 2.45) is 5.92 Å². The molecule has 4 aromatic rings. The van der Waals surface area contributed by atoms with Gasteiger partial charge in [-0.05, 0) is 82.8 Å². The summed E-state index contributed by atoms with van der Waals surface area (Å²) in [5.41, 5.74) is -0.304. The molecule has 1 atom stereocenters. The Labute approximate surface area is 240 Å². The number of aromatic nitrogens is 2. The summed E-state index contributed by atoms with van der Waals surface area (Å²) in [5, 5.41) is 15.2. The fourth-order valence-electron chi connectivity index (χ4n) is 4.18. The van der Waals surface area contributed by atoms with E-state index in [0.717, 1.165) is 23.1 Å². The summed E-state index contributed by atoms with van der Waals surface area (Å²) in [6.45, 7) is 0.538. The Bertz CT molecular complexity index is 1590. The molecule has 1 fully saturated rings. The van der Waals surface area contributed by atoms with Crippen LogP contribution in [0.1, 0.15) is 51.8 Å². The third-order valence-corrected chi connectivity index (χ3v) is 7.39. The second-order valence-electron chi connectivity index (χ2n) is 9.34. The smallest absolute Gasteiger partial charge is 0.368 e. The molecule has 1 aromatic heterocycles. The Kier molecular flexibility index (Phi) is 7.91. The molecule has 5 rings (SSSR count). The van der Waals surface area contributed by atoms with E-state index in [2.05, 4.69) is 10.4 Å². The van der Waals surface area contributed by atoms with Crippen molar-refractivity contribution in [2.75, 3.05) is 11.9 Å². The number of anilines is 1. The van der Waals surface area contributed by atoms with E-state index in [-0.39, 0.29) is 16.9 Å². The van der Waals surface area contributed by atoms with Crippen LogP contribution in [0.2, 0.25) is 0 Å². The molecular formula is C29H21F4IN4O2. The average molecular weight is 660 g/mol. The second kappa shape index (κ2) is 11.4. The van der Waals surface area contributed by atoms with Crippen LogP contribution in [0.3, 0.4) is 0 Å². The summed E-state index contributed by atoms with van der Waals surface area (Å²) in [6, 6.07) is 21.1. The predicted molar refractivity (Wildman–Crippen MR) is 147 cm³/mol. The molecule has 0 spiro atoms. The van der Waals surface area contributed by atoms with Gasteiger partial charge >= 0.3 is 6.18 Å². The fraction of sp³-hybridized carbons (Fsp3) is 0.207. The highest BCUT2D eigenvalue weighted by Gasteiger charge is 2.40. The lowest BCUT2D eigenvalue weighted by atomic mass is 10.0. The minimum absolute atomic E-state index is 0.0759. The number of nitrogens with zero attached hydrogens (tertiary/aromatic N) is 3. The number of benzene rings is 3. The normalized spacial score (nSPS) is 14.0. The number of carbonyl (C=O) groups excluding carboxylic acids is 1. The average Bonchev–Trinajstić information content (AvgIpc) is 3.69. The number of halogens is 5. The van der Waals surface area contributed by atoms with Gasteiger partial charge in [0.1, 0.15) is 17.6 Å². The minimum atomic E-state index is -4.84. The summed E-state index contributed by atoms with van der Waals surface area (Å²) in [6.07, 6.45) is -3.19. The number of hydrogen-bond donors (Lipinski definition) is 1. The first-order chi connectivity index (χ1) is 19.2. The number of carbonyl (C=O) groups is 1. The molecule has 204 valence electrons. The predicted octanol–water partition coefficient (Wildman–Crippen LogP) is 7.27. The van der Waals surface area contributed by atoms with Gasteiger partial charge in [-0.2, -0.15) is 23.5 Å². The number of amides is 1. The van der Waals surface area contributed by atoms with Gasteiger partial charge in [-0.15, -0.1) is 0 Å². The standard InChI is InChI=1S/C29H21F4IN4O2/c30-22-14-20(26(40-16-17-9-10-17)19-6-2-1-3-7-19)11-12-23(22)36-28(39)25-24(34)27(29(31,32)33)37-38(25)21-8-4-5-18(13-21)15-35/h1-8,11-14,17,26H,9-10,16H2,(H,36,39). The van der Waals surface area contributed by atoms with E-state index in [1.165, 1.54) is 59.0 Å². The quantitative estimate of drug-likeness (QED) is 0.159. The van der Waals surface area contributed by atoms with E-state index in [9.17, 15) is 23.2 Å². The summed E-state index contributed by atoms with van der Waals surface area (Å²) in [5.74, 6) is -1.28. The van der Waals surface area contributed by atoms with Crippen LogP contribution in [0, 0.1) is 26.6 Å². The van der Waals surface area contributed by atoms with Gasteiger partial charge in [-0.25, -0.2) is 9.07 Å². The first kappa shape index (κ1) is 27.8. The zero-order valence-corrected chi connectivity index (χ0v) is 22.9. The SMILES string of the molecule is N#Cc1cccc(-n2nc(C(F)(F)F)c(I)c2C(=O)Nc2ccc(C(OCC3CC3)c3ccccc3)cc2F)c1. The number of nitrogens with one attached hydrogen (secondary N) is 1. The van der Waals surface area contributed by atoms with Gasteiger partial charge < -0.3 is 10.1 Å². The molecule has 1 N–H and O–H groups in total. The molecule has 3 aromatic carbocycles. The zero-order valence-electron chi connectivity index (χ0n) is 20.8. The number of hydrogen-bond acceptors (Lipinski definition) is 4. The van der Waals surface area contributed by atoms with Crippen LogP contribution < -0.4 is 5.32 Å². The van der Waals surface area contributed by atoms with Crippen molar-refractivity contribution < 1.29 is 27.1 Å². The van der Waals surface area contributed by atoms with Crippen molar-refractivity contribution in [1.29, 1.82) is 5.26 Å². The number of ether oxygens (including phenoxy) is 1.